The van der Waals surface area contributed by atoms with Crippen molar-refractivity contribution in [2.45, 2.75) is 101 Å². The Labute approximate surface area is 274 Å². The fourth-order valence-corrected chi connectivity index (χ4v) is 10.3. The predicted molar refractivity (Wildman–Crippen MR) is 171 cm³/mol. The molecule has 0 spiro atoms. The Balaban J connectivity index is 1.19. The summed E-state index contributed by atoms with van der Waals surface area (Å²) >= 11 is 0. The molecule has 3 aliphatic rings. The highest BCUT2D eigenvalue weighted by Crippen LogP contribution is 2.71. The van der Waals surface area contributed by atoms with Gasteiger partial charge in [-0.05, 0) is 121 Å². The average Bonchev–Trinajstić information content (AvgIpc) is 3.31. The number of phenolic OH excluding ortho intramolecular Hbond substituents is 1. The molecule has 0 amide bonds. The minimum absolute atomic E-state index is 0.112. The fourth-order valence-electron chi connectivity index (χ4n) is 8.90. The number of aromatic hydroxyl groups is 1. The number of allylic oxidation sites excluding steroid dienone is 1. The van der Waals surface area contributed by atoms with Gasteiger partial charge in [0.2, 0.25) is 0 Å². The lowest BCUT2D eigenvalue weighted by molar-refractivity contribution is -0.284. The van der Waals surface area contributed by atoms with Gasteiger partial charge >= 0.3 is 12.1 Å². The maximum Gasteiger partial charge on any atom is 0.453 e. The third-order valence-corrected chi connectivity index (χ3v) is 13.1. The number of aliphatic hydroxyl groups excluding tert-OH is 1. The second-order valence-electron chi connectivity index (χ2n) is 14.1. The van der Waals surface area contributed by atoms with E-state index in [1.165, 1.54) is 5.56 Å². The summed E-state index contributed by atoms with van der Waals surface area (Å²) in [6.07, 6.45) is -0.569. The molecule has 2 fully saturated rings. The van der Waals surface area contributed by atoms with Crippen molar-refractivity contribution in [3.63, 3.8) is 0 Å². The van der Waals surface area contributed by atoms with Crippen molar-refractivity contribution in [1.29, 1.82) is 0 Å². The summed E-state index contributed by atoms with van der Waals surface area (Å²) in [5.74, 6) is -4.37. The third kappa shape index (κ3) is 7.07. The Morgan fingerprint density at radius 1 is 1.00 bits per heavy atom. The molecule has 2 unspecified atom stereocenters. The van der Waals surface area contributed by atoms with E-state index in [0.717, 1.165) is 43.2 Å². The molecule has 0 heterocycles. The Morgan fingerprint density at radius 2 is 1.70 bits per heavy atom. The van der Waals surface area contributed by atoms with E-state index in [4.69, 9.17) is 4.74 Å². The van der Waals surface area contributed by atoms with Crippen LogP contribution in [0.2, 0.25) is 0 Å². The van der Waals surface area contributed by atoms with Crippen molar-refractivity contribution < 1.29 is 45.3 Å². The number of ether oxygens (including phenoxy) is 1. The van der Waals surface area contributed by atoms with Gasteiger partial charge in [-0.2, -0.15) is 22.0 Å². The number of rotatable bonds is 13. The first-order valence-electron chi connectivity index (χ1n) is 16.5. The van der Waals surface area contributed by atoms with Crippen LogP contribution in [-0.2, 0) is 16.3 Å². The van der Waals surface area contributed by atoms with Crippen LogP contribution in [0.5, 0.6) is 11.5 Å². The minimum atomic E-state index is -5.68. The summed E-state index contributed by atoms with van der Waals surface area (Å²) < 4.78 is 93.1. The summed E-state index contributed by atoms with van der Waals surface area (Å²) in [4.78, 5) is 0. The third-order valence-electron chi connectivity index (χ3n) is 11.3. The Morgan fingerprint density at radius 3 is 2.38 bits per heavy atom. The molecule has 2 aromatic carbocycles. The molecule has 11 heteroatoms. The zero-order valence-corrected chi connectivity index (χ0v) is 27.6. The number of phenols is 1. The van der Waals surface area contributed by atoms with Gasteiger partial charge < -0.3 is 14.9 Å². The van der Waals surface area contributed by atoms with Gasteiger partial charge in [-0.25, -0.2) is 8.42 Å². The molecule has 6 atom stereocenters. The molecule has 260 valence electrons. The summed E-state index contributed by atoms with van der Waals surface area (Å²) in [6, 6.07) is 13.7. The van der Waals surface area contributed by atoms with E-state index in [2.05, 4.69) is 37.8 Å². The number of alkyl halides is 5. The fraction of sp³-hybridized carbons (Fsp3) is 0.611. The first-order valence-corrected chi connectivity index (χ1v) is 18.4. The average molecular weight is 685 g/mol. The van der Waals surface area contributed by atoms with Gasteiger partial charge in [-0.3, -0.25) is 0 Å². The predicted octanol–water partition coefficient (Wildman–Crippen LogP) is 8.50. The second-order valence-corrected chi connectivity index (χ2v) is 16.4. The van der Waals surface area contributed by atoms with Gasteiger partial charge in [0.25, 0.3) is 0 Å². The van der Waals surface area contributed by atoms with Crippen LogP contribution in [0.15, 0.2) is 55.1 Å². The van der Waals surface area contributed by atoms with Crippen molar-refractivity contribution in [3.05, 3.63) is 71.8 Å². The number of unbranched alkanes of at least 4 members (excludes halogenated alkanes) is 2. The van der Waals surface area contributed by atoms with Crippen LogP contribution in [0.3, 0.4) is 0 Å². The van der Waals surface area contributed by atoms with Crippen molar-refractivity contribution in [1.82, 2.24) is 0 Å². The molecule has 2 saturated carbocycles. The topological polar surface area (TPSA) is 83.8 Å². The van der Waals surface area contributed by atoms with Crippen LogP contribution in [0.25, 0.3) is 0 Å². The standard InChI is InChI=1S/C36H45F5O5S/c1-3-34-18-16-25-22-26(42)10-13-28(25)32(34)29(23-33(2)30(34)14-15-31(33)43)24-8-11-27(12-9-24)46-19-5-4-6-20-47(44,45)21-7-17-35(37,38)36(39,40)41/h3,8-13,22,29-32,42-43H,1,4-7,14-21,23H2,2H3/t29-,30?,31+,32?,33+,34+/m1/s1. The molecular weight excluding hydrogens is 639 g/mol. The molecular formula is C36H45F5O5S. The second kappa shape index (κ2) is 13.3. The van der Waals surface area contributed by atoms with E-state index < -0.39 is 40.5 Å². The van der Waals surface area contributed by atoms with E-state index in [1.807, 2.05) is 18.2 Å². The smallest absolute Gasteiger partial charge is 0.453 e. The van der Waals surface area contributed by atoms with Crippen LogP contribution >= 0.6 is 0 Å². The summed E-state index contributed by atoms with van der Waals surface area (Å²) in [5, 5.41) is 21.5. The number of hydrogen-bond donors (Lipinski definition) is 2. The van der Waals surface area contributed by atoms with Gasteiger partial charge in [0.15, 0.2) is 0 Å². The first kappa shape index (κ1) is 35.6. The van der Waals surface area contributed by atoms with Crippen molar-refractivity contribution in [2.24, 2.45) is 16.7 Å². The maximum atomic E-state index is 13.0. The number of hydrogen-bond acceptors (Lipinski definition) is 5. The zero-order chi connectivity index (χ0) is 34.3. The molecule has 2 N–H and O–H groups in total. The van der Waals surface area contributed by atoms with Gasteiger partial charge in [-0.15, -0.1) is 6.58 Å². The highest BCUT2D eigenvalue weighted by Gasteiger charge is 2.63. The quantitative estimate of drug-likeness (QED) is 0.126. The molecule has 0 bridgehead atoms. The van der Waals surface area contributed by atoms with Crippen molar-refractivity contribution in [2.75, 3.05) is 18.1 Å². The lowest BCUT2D eigenvalue weighted by atomic mass is 9.44. The van der Waals surface area contributed by atoms with Gasteiger partial charge in [-0.1, -0.05) is 31.2 Å². The van der Waals surface area contributed by atoms with Crippen LogP contribution in [0, 0.1) is 16.7 Å². The molecule has 5 nitrogen and oxygen atoms in total. The van der Waals surface area contributed by atoms with Crippen LogP contribution in [-0.4, -0.2) is 54.9 Å². The van der Waals surface area contributed by atoms with Crippen molar-refractivity contribution in [3.8, 4) is 11.5 Å². The normalized spacial score (nSPS) is 29.1. The van der Waals surface area contributed by atoms with Crippen LogP contribution in [0.4, 0.5) is 22.0 Å². The number of aryl methyl sites for hydroxylation is 1. The summed E-state index contributed by atoms with van der Waals surface area (Å²) in [5.41, 5.74) is 3.11. The van der Waals surface area contributed by atoms with E-state index in [-0.39, 0.29) is 46.7 Å². The summed E-state index contributed by atoms with van der Waals surface area (Å²) in [6.45, 7) is 6.92. The molecule has 3 aliphatic carbocycles. The lowest BCUT2D eigenvalue weighted by Gasteiger charge is -2.60. The van der Waals surface area contributed by atoms with Crippen molar-refractivity contribution >= 4 is 9.84 Å². The monoisotopic (exact) mass is 684 g/mol. The molecule has 0 saturated heterocycles. The number of halogens is 5. The highest BCUT2D eigenvalue weighted by atomic mass is 32.2. The minimum Gasteiger partial charge on any atom is -0.508 e. The van der Waals surface area contributed by atoms with Crippen LogP contribution in [0.1, 0.15) is 93.2 Å². The molecule has 0 radical (unpaired) electrons. The number of aliphatic hydroxyl groups is 1. The van der Waals surface area contributed by atoms with E-state index >= 15 is 0 Å². The molecule has 2 aromatic rings. The van der Waals surface area contributed by atoms with E-state index in [9.17, 15) is 40.6 Å². The highest BCUT2D eigenvalue weighted by molar-refractivity contribution is 7.91. The van der Waals surface area contributed by atoms with Gasteiger partial charge in [0.05, 0.1) is 24.2 Å². The molecule has 0 aromatic heterocycles. The molecule has 5 rings (SSSR count). The lowest BCUT2D eigenvalue weighted by Crippen LogP contribution is -2.53. The Hall–Kier alpha value is -2.66. The first-order chi connectivity index (χ1) is 22.0. The Kier molecular flexibility index (Phi) is 10.1. The molecule has 47 heavy (non-hydrogen) atoms. The number of fused-ring (bicyclic) bond motifs is 5. The SMILES string of the molecule is C=C[C@@]12CCc3cc(O)ccc3C1[C@@H](c1ccc(OCCCCCS(=O)(=O)CCCC(F)(F)C(F)(F)F)cc1)C[C@@]1(C)C2CC[C@@H]1O. The Bertz CT molecular complexity index is 1530. The molecule has 0 aliphatic heterocycles. The summed E-state index contributed by atoms with van der Waals surface area (Å²) in [7, 11) is -3.73. The number of benzene rings is 2. The largest absolute Gasteiger partial charge is 0.508 e. The maximum absolute atomic E-state index is 13.0. The zero-order valence-electron chi connectivity index (χ0n) is 26.7. The number of sulfone groups is 1. The van der Waals surface area contributed by atoms with Gasteiger partial charge in [0.1, 0.15) is 21.3 Å². The van der Waals surface area contributed by atoms with E-state index in [0.29, 0.717) is 31.1 Å². The van der Waals surface area contributed by atoms with E-state index in [1.54, 1.807) is 6.07 Å². The van der Waals surface area contributed by atoms with Crippen LogP contribution < -0.4 is 4.74 Å². The van der Waals surface area contributed by atoms with Gasteiger partial charge in [0, 0.05) is 12.3 Å².